The van der Waals surface area contributed by atoms with Crippen LogP contribution in [0, 0.1) is 0 Å². The van der Waals surface area contributed by atoms with E-state index in [4.69, 9.17) is 26.8 Å². The SMILES string of the molecule is CCOC1(OCc2ccccc2Cl)C=CC(N[C@@H](C)C(N)=O)=CC1. The van der Waals surface area contributed by atoms with E-state index in [0.717, 1.165) is 11.3 Å². The molecule has 0 bridgehead atoms. The normalized spacial score (nSPS) is 21.2. The Kier molecular flexibility index (Phi) is 6.43. The molecule has 0 aliphatic heterocycles. The molecule has 130 valence electrons. The predicted molar refractivity (Wildman–Crippen MR) is 94.2 cm³/mol. The van der Waals surface area contributed by atoms with Gasteiger partial charge < -0.3 is 20.5 Å². The Morgan fingerprint density at radius 1 is 1.42 bits per heavy atom. The van der Waals surface area contributed by atoms with Gasteiger partial charge in [0, 0.05) is 23.7 Å². The van der Waals surface area contributed by atoms with E-state index in [-0.39, 0.29) is 0 Å². The van der Waals surface area contributed by atoms with Crippen LogP contribution < -0.4 is 11.1 Å². The Morgan fingerprint density at radius 3 is 2.75 bits per heavy atom. The van der Waals surface area contributed by atoms with Crippen molar-refractivity contribution in [1.82, 2.24) is 5.32 Å². The van der Waals surface area contributed by atoms with Gasteiger partial charge in [-0.25, -0.2) is 0 Å². The number of halogens is 1. The van der Waals surface area contributed by atoms with Gasteiger partial charge in [0.15, 0.2) is 5.79 Å². The maximum atomic E-state index is 11.1. The van der Waals surface area contributed by atoms with E-state index in [0.29, 0.717) is 24.7 Å². The lowest BCUT2D eigenvalue weighted by atomic mass is 10.0. The largest absolute Gasteiger partial charge is 0.374 e. The van der Waals surface area contributed by atoms with Crippen LogP contribution in [-0.4, -0.2) is 24.3 Å². The van der Waals surface area contributed by atoms with Gasteiger partial charge in [-0.15, -0.1) is 0 Å². The summed E-state index contributed by atoms with van der Waals surface area (Å²) in [5, 5.41) is 3.71. The van der Waals surface area contributed by atoms with Crippen molar-refractivity contribution in [2.45, 2.75) is 38.7 Å². The summed E-state index contributed by atoms with van der Waals surface area (Å²) in [6, 6.07) is 7.11. The predicted octanol–water partition coefficient (Wildman–Crippen LogP) is 2.90. The summed E-state index contributed by atoms with van der Waals surface area (Å²) in [6.07, 6.45) is 6.14. The van der Waals surface area contributed by atoms with Crippen molar-refractivity contribution in [1.29, 1.82) is 0 Å². The number of primary amides is 1. The number of amides is 1. The number of ether oxygens (including phenoxy) is 2. The van der Waals surface area contributed by atoms with E-state index in [2.05, 4.69) is 5.32 Å². The van der Waals surface area contributed by atoms with E-state index < -0.39 is 17.7 Å². The molecular formula is C18H23ClN2O3. The Balaban J connectivity index is 2.03. The summed E-state index contributed by atoms with van der Waals surface area (Å²) in [4.78, 5) is 11.1. The van der Waals surface area contributed by atoms with Crippen LogP contribution >= 0.6 is 11.6 Å². The molecule has 0 saturated carbocycles. The molecule has 1 aromatic rings. The van der Waals surface area contributed by atoms with Gasteiger partial charge in [-0.3, -0.25) is 4.79 Å². The molecule has 0 aromatic heterocycles. The topological polar surface area (TPSA) is 73.6 Å². The van der Waals surface area contributed by atoms with Crippen LogP contribution in [0.2, 0.25) is 5.02 Å². The third-order valence-corrected chi connectivity index (χ3v) is 4.12. The number of carbonyl (C=O) groups excluding carboxylic acids is 1. The van der Waals surface area contributed by atoms with Crippen LogP contribution in [0.15, 0.2) is 48.2 Å². The number of carbonyl (C=O) groups is 1. The number of benzene rings is 1. The molecule has 0 fully saturated rings. The van der Waals surface area contributed by atoms with Crippen molar-refractivity contribution < 1.29 is 14.3 Å². The zero-order chi connectivity index (χ0) is 17.6. The second-order valence-electron chi connectivity index (χ2n) is 5.59. The van der Waals surface area contributed by atoms with Gasteiger partial charge in [0.25, 0.3) is 0 Å². The second-order valence-corrected chi connectivity index (χ2v) is 6.00. The molecule has 6 heteroatoms. The first-order valence-corrected chi connectivity index (χ1v) is 8.30. The van der Waals surface area contributed by atoms with E-state index in [1.54, 1.807) is 6.92 Å². The fourth-order valence-electron chi connectivity index (χ4n) is 2.35. The maximum absolute atomic E-state index is 11.1. The van der Waals surface area contributed by atoms with Gasteiger partial charge in [0.05, 0.1) is 6.61 Å². The van der Waals surface area contributed by atoms with Crippen LogP contribution in [0.4, 0.5) is 0 Å². The molecule has 5 nitrogen and oxygen atoms in total. The highest BCUT2D eigenvalue weighted by molar-refractivity contribution is 6.31. The molecule has 3 N–H and O–H groups in total. The molecule has 1 aromatic carbocycles. The molecule has 1 unspecified atom stereocenters. The number of nitrogens with two attached hydrogens (primary N) is 1. The number of nitrogens with one attached hydrogen (secondary N) is 1. The molecule has 2 atom stereocenters. The Morgan fingerprint density at radius 2 is 2.17 bits per heavy atom. The van der Waals surface area contributed by atoms with Crippen molar-refractivity contribution in [3.8, 4) is 0 Å². The Bertz CT molecular complexity index is 645. The van der Waals surface area contributed by atoms with Gasteiger partial charge in [0.1, 0.15) is 6.04 Å². The lowest BCUT2D eigenvalue weighted by Gasteiger charge is -2.32. The van der Waals surface area contributed by atoms with Gasteiger partial charge in [0.2, 0.25) is 5.91 Å². The fraction of sp³-hybridized carbons (Fsp3) is 0.389. The first-order valence-electron chi connectivity index (χ1n) is 7.92. The number of hydrogen-bond donors (Lipinski definition) is 2. The standard InChI is InChI=1S/C18H23ClN2O3/c1-3-23-18(24-12-14-6-4-5-7-16(14)19)10-8-15(9-11-18)21-13(2)17(20)22/h4-10,13,21H,3,11-12H2,1-2H3,(H2,20,22)/t13-,18?/m0/s1. The van der Waals surface area contributed by atoms with Gasteiger partial charge in [-0.2, -0.15) is 0 Å². The number of hydrogen-bond acceptors (Lipinski definition) is 4. The van der Waals surface area contributed by atoms with E-state index in [1.807, 2.05) is 49.4 Å². The summed E-state index contributed by atoms with van der Waals surface area (Å²) in [7, 11) is 0. The van der Waals surface area contributed by atoms with Crippen LogP contribution in [0.1, 0.15) is 25.8 Å². The average Bonchev–Trinajstić information content (AvgIpc) is 2.56. The molecular weight excluding hydrogens is 328 g/mol. The molecule has 2 rings (SSSR count). The minimum absolute atomic E-state index is 0.346. The van der Waals surface area contributed by atoms with Gasteiger partial charge in [-0.1, -0.05) is 35.9 Å². The van der Waals surface area contributed by atoms with Gasteiger partial charge >= 0.3 is 0 Å². The molecule has 1 amide bonds. The van der Waals surface area contributed by atoms with Crippen molar-refractivity contribution in [3.63, 3.8) is 0 Å². The summed E-state index contributed by atoms with van der Waals surface area (Å²) < 4.78 is 11.8. The van der Waals surface area contributed by atoms with Crippen molar-refractivity contribution in [2.75, 3.05) is 6.61 Å². The van der Waals surface area contributed by atoms with Crippen molar-refractivity contribution in [3.05, 3.63) is 58.8 Å². The monoisotopic (exact) mass is 350 g/mol. The smallest absolute Gasteiger partial charge is 0.239 e. The third-order valence-electron chi connectivity index (χ3n) is 3.75. The Labute approximate surface area is 147 Å². The Hall–Kier alpha value is -1.82. The first-order chi connectivity index (χ1) is 11.5. The maximum Gasteiger partial charge on any atom is 0.239 e. The third kappa shape index (κ3) is 4.84. The van der Waals surface area contributed by atoms with Crippen LogP contribution in [0.3, 0.4) is 0 Å². The number of allylic oxidation sites excluding steroid dienone is 1. The highest BCUT2D eigenvalue weighted by Crippen LogP contribution is 2.28. The molecule has 0 heterocycles. The molecule has 0 radical (unpaired) electrons. The molecule has 0 spiro atoms. The lowest BCUT2D eigenvalue weighted by molar-refractivity contribution is -0.207. The second kappa shape index (κ2) is 8.33. The molecule has 1 aliphatic carbocycles. The number of rotatable bonds is 8. The van der Waals surface area contributed by atoms with E-state index in [1.165, 1.54) is 0 Å². The summed E-state index contributed by atoms with van der Waals surface area (Å²) in [5.41, 5.74) is 6.99. The molecule has 0 saturated heterocycles. The zero-order valence-corrected chi connectivity index (χ0v) is 14.7. The zero-order valence-electron chi connectivity index (χ0n) is 13.9. The van der Waals surface area contributed by atoms with Crippen molar-refractivity contribution in [2.24, 2.45) is 5.73 Å². The van der Waals surface area contributed by atoms with Gasteiger partial charge in [-0.05, 0) is 37.6 Å². The summed E-state index contributed by atoms with van der Waals surface area (Å²) in [6.45, 7) is 4.50. The minimum Gasteiger partial charge on any atom is -0.374 e. The van der Waals surface area contributed by atoms with E-state index >= 15 is 0 Å². The highest BCUT2D eigenvalue weighted by Gasteiger charge is 2.30. The lowest BCUT2D eigenvalue weighted by Crippen LogP contribution is -2.40. The van der Waals surface area contributed by atoms with E-state index in [9.17, 15) is 4.79 Å². The van der Waals surface area contributed by atoms with Crippen molar-refractivity contribution >= 4 is 17.5 Å². The fourth-order valence-corrected chi connectivity index (χ4v) is 2.54. The van der Waals surface area contributed by atoms with Crippen LogP contribution in [0.25, 0.3) is 0 Å². The summed E-state index contributed by atoms with van der Waals surface area (Å²) in [5.74, 6) is -1.24. The molecule has 1 aliphatic rings. The average molecular weight is 351 g/mol. The highest BCUT2D eigenvalue weighted by atomic mass is 35.5. The summed E-state index contributed by atoms with van der Waals surface area (Å²) >= 11 is 6.17. The van der Waals surface area contributed by atoms with Crippen LogP contribution in [0.5, 0.6) is 0 Å². The van der Waals surface area contributed by atoms with Crippen LogP contribution in [-0.2, 0) is 20.9 Å². The first kappa shape index (κ1) is 18.5. The minimum atomic E-state index is -0.838. The quantitative estimate of drug-likeness (QED) is 0.707. The molecule has 24 heavy (non-hydrogen) atoms.